The number of carbonyl (C=O) groups is 1. The molecule has 1 aliphatic rings. The van der Waals surface area contributed by atoms with Crippen LogP contribution in [-0.4, -0.2) is 37.6 Å². The summed E-state index contributed by atoms with van der Waals surface area (Å²) in [5.74, 6) is 5.68. The topological polar surface area (TPSA) is 67.6 Å². The van der Waals surface area contributed by atoms with E-state index in [-0.39, 0.29) is 5.91 Å². The minimum Gasteiger partial charge on any atom is -0.384 e. The largest absolute Gasteiger partial charge is 0.384 e. The Balaban J connectivity index is 1.89. The van der Waals surface area contributed by atoms with Crippen LogP contribution in [0.4, 0.5) is 0 Å². The molecule has 2 rings (SSSR count). The van der Waals surface area contributed by atoms with Crippen molar-refractivity contribution in [2.75, 3.05) is 26.8 Å². The molecule has 106 valence electrons. The molecule has 0 unspecified atom stereocenters. The summed E-state index contributed by atoms with van der Waals surface area (Å²) in [6.45, 7) is 3.81. The van der Waals surface area contributed by atoms with Crippen LogP contribution in [0, 0.1) is 5.92 Å². The van der Waals surface area contributed by atoms with Crippen molar-refractivity contribution >= 4 is 17.2 Å². The average molecular weight is 283 g/mol. The number of piperidine rings is 1. The number of rotatable bonds is 5. The fourth-order valence-electron chi connectivity index (χ4n) is 2.51. The Morgan fingerprint density at radius 2 is 2.32 bits per heavy atom. The van der Waals surface area contributed by atoms with Crippen molar-refractivity contribution in [1.82, 2.24) is 10.3 Å². The molecule has 0 saturated carbocycles. The van der Waals surface area contributed by atoms with Gasteiger partial charge in [-0.1, -0.05) is 0 Å². The Labute approximate surface area is 117 Å². The van der Waals surface area contributed by atoms with Crippen molar-refractivity contribution in [1.29, 1.82) is 0 Å². The predicted molar refractivity (Wildman–Crippen MR) is 75.8 cm³/mol. The molecule has 2 heterocycles. The number of hydrogen-bond donors (Lipinski definition) is 2. The smallest absolute Gasteiger partial charge is 0.275 e. The predicted octanol–water partition coefficient (Wildman–Crippen LogP) is 1.21. The lowest BCUT2D eigenvalue weighted by atomic mass is 9.97. The van der Waals surface area contributed by atoms with Crippen molar-refractivity contribution in [3.05, 3.63) is 21.9 Å². The number of amides is 1. The number of hydrazine groups is 1. The maximum atomic E-state index is 11.6. The summed E-state index contributed by atoms with van der Waals surface area (Å²) in [7, 11) is 1.76. The number of nitrogens with one attached hydrogen (secondary N) is 1. The molecule has 5 nitrogen and oxygen atoms in total. The molecule has 6 heteroatoms. The molecule has 0 radical (unpaired) electrons. The standard InChI is InChI=1S/C13H21N3O2S/c1-18-9-10-2-5-16(6-3-10)8-11-4-7-19-12(11)13(17)15-14/h4,7,10H,2-3,5-6,8-9,14H2,1H3,(H,15,17). The number of carbonyl (C=O) groups excluding carboxylic acids is 1. The molecule has 1 saturated heterocycles. The summed E-state index contributed by atoms with van der Waals surface area (Å²) in [5, 5.41) is 1.94. The zero-order valence-corrected chi connectivity index (χ0v) is 12.0. The van der Waals surface area contributed by atoms with Gasteiger partial charge in [0.15, 0.2) is 0 Å². The summed E-state index contributed by atoms with van der Waals surface area (Å²) in [5.41, 5.74) is 3.27. The minimum absolute atomic E-state index is 0.195. The molecule has 0 atom stereocenters. The highest BCUT2D eigenvalue weighted by Crippen LogP contribution is 2.22. The van der Waals surface area contributed by atoms with Crippen LogP contribution in [0.5, 0.6) is 0 Å². The van der Waals surface area contributed by atoms with Gasteiger partial charge in [0, 0.05) is 20.3 Å². The van der Waals surface area contributed by atoms with Gasteiger partial charge in [-0.05, 0) is 48.9 Å². The zero-order valence-electron chi connectivity index (χ0n) is 11.2. The second kappa shape index (κ2) is 7.00. The molecule has 1 fully saturated rings. The van der Waals surface area contributed by atoms with E-state index in [4.69, 9.17) is 10.6 Å². The van der Waals surface area contributed by atoms with Crippen LogP contribution in [0.1, 0.15) is 28.1 Å². The normalized spacial score (nSPS) is 17.6. The number of nitrogens with two attached hydrogens (primary N) is 1. The Morgan fingerprint density at radius 3 is 2.95 bits per heavy atom. The van der Waals surface area contributed by atoms with Gasteiger partial charge in [-0.15, -0.1) is 11.3 Å². The van der Waals surface area contributed by atoms with Gasteiger partial charge in [0.2, 0.25) is 0 Å². The van der Waals surface area contributed by atoms with E-state index >= 15 is 0 Å². The molecule has 19 heavy (non-hydrogen) atoms. The zero-order chi connectivity index (χ0) is 13.7. The lowest BCUT2D eigenvalue weighted by Crippen LogP contribution is -2.35. The molecule has 1 aromatic heterocycles. The first-order valence-corrected chi connectivity index (χ1v) is 7.41. The van der Waals surface area contributed by atoms with Crippen molar-refractivity contribution in [3.8, 4) is 0 Å². The molecule has 0 aliphatic carbocycles. The molecular formula is C13H21N3O2S. The van der Waals surface area contributed by atoms with E-state index in [1.165, 1.54) is 11.3 Å². The highest BCUT2D eigenvalue weighted by Gasteiger charge is 2.21. The van der Waals surface area contributed by atoms with Crippen LogP contribution < -0.4 is 11.3 Å². The van der Waals surface area contributed by atoms with Gasteiger partial charge in [-0.3, -0.25) is 15.1 Å². The Kier molecular flexibility index (Phi) is 5.33. The first kappa shape index (κ1) is 14.5. The number of nitrogen functional groups attached to an aromatic ring is 1. The maximum Gasteiger partial charge on any atom is 0.275 e. The van der Waals surface area contributed by atoms with Gasteiger partial charge >= 0.3 is 0 Å². The van der Waals surface area contributed by atoms with Crippen LogP contribution in [0.15, 0.2) is 11.4 Å². The van der Waals surface area contributed by atoms with E-state index in [9.17, 15) is 4.79 Å². The second-order valence-electron chi connectivity index (χ2n) is 4.92. The monoisotopic (exact) mass is 283 g/mol. The minimum atomic E-state index is -0.195. The SMILES string of the molecule is COCC1CCN(Cc2ccsc2C(=O)NN)CC1. The third-order valence-electron chi connectivity index (χ3n) is 3.59. The van der Waals surface area contributed by atoms with Crippen LogP contribution in [-0.2, 0) is 11.3 Å². The van der Waals surface area contributed by atoms with Gasteiger partial charge in [0.05, 0.1) is 4.88 Å². The highest BCUT2D eigenvalue weighted by molar-refractivity contribution is 7.12. The van der Waals surface area contributed by atoms with E-state index in [0.717, 1.165) is 49.5 Å². The van der Waals surface area contributed by atoms with Crippen LogP contribution in [0.3, 0.4) is 0 Å². The lowest BCUT2D eigenvalue weighted by molar-refractivity contribution is 0.0938. The Morgan fingerprint density at radius 1 is 1.58 bits per heavy atom. The number of thiophene rings is 1. The van der Waals surface area contributed by atoms with Gasteiger partial charge in [0.25, 0.3) is 5.91 Å². The first-order valence-electron chi connectivity index (χ1n) is 6.53. The molecule has 3 N–H and O–H groups in total. The molecule has 0 spiro atoms. The second-order valence-corrected chi connectivity index (χ2v) is 5.84. The van der Waals surface area contributed by atoms with Crippen molar-refractivity contribution in [3.63, 3.8) is 0 Å². The number of hydrogen-bond acceptors (Lipinski definition) is 5. The number of methoxy groups -OCH3 is 1. The average Bonchev–Trinajstić information content (AvgIpc) is 2.88. The van der Waals surface area contributed by atoms with Gasteiger partial charge in [-0.2, -0.15) is 0 Å². The third-order valence-corrected chi connectivity index (χ3v) is 4.54. The van der Waals surface area contributed by atoms with E-state index in [1.54, 1.807) is 7.11 Å². The van der Waals surface area contributed by atoms with Crippen molar-refractivity contribution < 1.29 is 9.53 Å². The van der Waals surface area contributed by atoms with Gasteiger partial charge in [0.1, 0.15) is 0 Å². The summed E-state index contributed by atoms with van der Waals surface area (Å²) < 4.78 is 5.20. The maximum absolute atomic E-state index is 11.6. The fourth-order valence-corrected chi connectivity index (χ4v) is 3.33. The molecular weight excluding hydrogens is 262 g/mol. The number of ether oxygens (including phenoxy) is 1. The van der Waals surface area contributed by atoms with Crippen molar-refractivity contribution in [2.24, 2.45) is 11.8 Å². The van der Waals surface area contributed by atoms with E-state index < -0.39 is 0 Å². The lowest BCUT2D eigenvalue weighted by Gasteiger charge is -2.31. The van der Waals surface area contributed by atoms with Gasteiger partial charge < -0.3 is 4.74 Å². The first-order chi connectivity index (χ1) is 9.24. The third kappa shape index (κ3) is 3.76. The summed E-state index contributed by atoms with van der Waals surface area (Å²) >= 11 is 1.44. The summed E-state index contributed by atoms with van der Waals surface area (Å²) in [4.78, 5) is 14.7. The van der Waals surface area contributed by atoms with Gasteiger partial charge in [-0.25, -0.2) is 5.84 Å². The van der Waals surface area contributed by atoms with E-state index in [1.807, 2.05) is 11.4 Å². The Bertz CT molecular complexity index is 414. The summed E-state index contributed by atoms with van der Waals surface area (Å²) in [6, 6.07) is 2.01. The fraction of sp³-hybridized carbons (Fsp3) is 0.615. The number of likely N-dealkylation sites (tertiary alicyclic amines) is 1. The van der Waals surface area contributed by atoms with Crippen molar-refractivity contribution in [2.45, 2.75) is 19.4 Å². The quantitative estimate of drug-likeness (QED) is 0.484. The van der Waals surface area contributed by atoms with E-state index in [2.05, 4.69) is 10.3 Å². The molecule has 1 amide bonds. The molecule has 1 aromatic rings. The molecule has 0 bridgehead atoms. The van der Waals surface area contributed by atoms with Crippen LogP contribution in [0.2, 0.25) is 0 Å². The Hall–Kier alpha value is -0.950. The van der Waals surface area contributed by atoms with E-state index in [0.29, 0.717) is 5.92 Å². The van der Waals surface area contributed by atoms with Crippen LogP contribution >= 0.6 is 11.3 Å². The van der Waals surface area contributed by atoms with Crippen LogP contribution in [0.25, 0.3) is 0 Å². The molecule has 0 aromatic carbocycles. The number of nitrogens with zero attached hydrogens (tertiary/aromatic N) is 1. The highest BCUT2D eigenvalue weighted by atomic mass is 32.1. The summed E-state index contributed by atoms with van der Waals surface area (Å²) in [6.07, 6.45) is 2.33. The molecule has 1 aliphatic heterocycles.